The Balaban J connectivity index is 2.29. The minimum atomic E-state index is 0.332. The SMILES string of the molecule is CC(C)(C)C[C@H](CCCO)CCN1CCOCC1. The van der Waals surface area contributed by atoms with E-state index in [0.29, 0.717) is 12.0 Å². The van der Waals surface area contributed by atoms with Crippen molar-refractivity contribution in [1.82, 2.24) is 4.90 Å². The van der Waals surface area contributed by atoms with Crippen LogP contribution in [0.25, 0.3) is 0 Å². The lowest BCUT2D eigenvalue weighted by molar-refractivity contribution is 0.0341. The number of nitrogens with zero attached hydrogens (tertiary/aromatic N) is 1. The van der Waals surface area contributed by atoms with E-state index in [0.717, 1.165) is 45.1 Å². The lowest BCUT2D eigenvalue weighted by Gasteiger charge is -2.30. The predicted molar refractivity (Wildman–Crippen MR) is 75.8 cm³/mol. The van der Waals surface area contributed by atoms with Crippen molar-refractivity contribution in [3.8, 4) is 0 Å². The fourth-order valence-electron chi connectivity index (χ4n) is 2.78. The van der Waals surface area contributed by atoms with E-state index in [9.17, 15) is 0 Å². The third-order valence-corrected chi connectivity index (χ3v) is 3.63. The van der Waals surface area contributed by atoms with Crippen LogP contribution < -0.4 is 0 Å². The Morgan fingerprint density at radius 3 is 2.39 bits per heavy atom. The summed E-state index contributed by atoms with van der Waals surface area (Å²) < 4.78 is 5.38. The highest BCUT2D eigenvalue weighted by Gasteiger charge is 2.20. The van der Waals surface area contributed by atoms with E-state index < -0.39 is 0 Å². The van der Waals surface area contributed by atoms with Crippen molar-refractivity contribution in [2.75, 3.05) is 39.5 Å². The first-order valence-corrected chi connectivity index (χ1v) is 7.42. The first kappa shape index (κ1) is 15.9. The maximum Gasteiger partial charge on any atom is 0.0594 e. The standard InChI is InChI=1S/C15H31NO2/c1-15(2,3)13-14(5-4-10-17)6-7-16-8-11-18-12-9-16/h14,17H,4-13H2,1-3H3/t14-/m1/s1. The van der Waals surface area contributed by atoms with E-state index in [4.69, 9.17) is 9.84 Å². The van der Waals surface area contributed by atoms with Crippen LogP contribution in [-0.2, 0) is 4.74 Å². The second-order valence-corrected chi connectivity index (χ2v) is 6.74. The molecule has 3 heteroatoms. The van der Waals surface area contributed by atoms with Crippen LogP contribution in [0.3, 0.4) is 0 Å². The number of rotatable bonds is 7. The van der Waals surface area contributed by atoms with Crippen LogP contribution in [0.4, 0.5) is 0 Å². The molecule has 0 aromatic heterocycles. The van der Waals surface area contributed by atoms with E-state index in [2.05, 4.69) is 25.7 Å². The summed E-state index contributed by atoms with van der Waals surface area (Å²) in [6, 6.07) is 0. The molecule has 0 saturated carbocycles. The number of morpholine rings is 1. The Bertz CT molecular complexity index is 207. The molecule has 0 bridgehead atoms. The summed E-state index contributed by atoms with van der Waals surface area (Å²) in [5, 5.41) is 9.00. The van der Waals surface area contributed by atoms with E-state index in [-0.39, 0.29) is 0 Å². The molecule has 0 aromatic carbocycles. The molecule has 0 amide bonds. The van der Waals surface area contributed by atoms with Gasteiger partial charge in [0.2, 0.25) is 0 Å². The summed E-state index contributed by atoms with van der Waals surface area (Å²) in [4.78, 5) is 2.51. The Morgan fingerprint density at radius 2 is 1.83 bits per heavy atom. The van der Waals surface area contributed by atoms with Gasteiger partial charge >= 0.3 is 0 Å². The predicted octanol–water partition coefficient (Wildman–Crippen LogP) is 2.53. The third kappa shape index (κ3) is 7.34. The monoisotopic (exact) mass is 257 g/mol. The molecule has 0 radical (unpaired) electrons. The molecule has 18 heavy (non-hydrogen) atoms. The van der Waals surface area contributed by atoms with Crippen molar-refractivity contribution in [1.29, 1.82) is 0 Å². The smallest absolute Gasteiger partial charge is 0.0594 e. The quantitative estimate of drug-likeness (QED) is 0.761. The van der Waals surface area contributed by atoms with Gasteiger partial charge in [0.05, 0.1) is 13.2 Å². The lowest BCUT2D eigenvalue weighted by Crippen LogP contribution is -2.37. The van der Waals surface area contributed by atoms with Crippen LogP contribution in [0.15, 0.2) is 0 Å². The van der Waals surface area contributed by atoms with Gasteiger partial charge in [-0.05, 0) is 43.6 Å². The molecule has 1 fully saturated rings. The van der Waals surface area contributed by atoms with Crippen LogP contribution in [0.1, 0.15) is 46.5 Å². The molecule has 0 aromatic rings. The van der Waals surface area contributed by atoms with Gasteiger partial charge in [0.25, 0.3) is 0 Å². The van der Waals surface area contributed by atoms with Gasteiger partial charge in [-0.2, -0.15) is 0 Å². The van der Waals surface area contributed by atoms with Gasteiger partial charge in [-0.15, -0.1) is 0 Å². The van der Waals surface area contributed by atoms with Gasteiger partial charge in [0, 0.05) is 19.7 Å². The van der Waals surface area contributed by atoms with Crippen molar-refractivity contribution >= 4 is 0 Å². The highest BCUT2D eigenvalue weighted by molar-refractivity contribution is 4.72. The Morgan fingerprint density at radius 1 is 1.17 bits per heavy atom. The summed E-state index contributed by atoms with van der Waals surface area (Å²) in [5.41, 5.74) is 0.394. The zero-order valence-corrected chi connectivity index (χ0v) is 12.5. The summed E-state index contributed by atoms with van der Waals surface area (Å²) in [6.45, 7) is 12.4. The van der Waals surface area contributed by atoms with Crippen molar-refractivity contribution < 1.29 is 9.84 Å². The largest absolute Gasteiger partial charge is 0.396 e. The molecular formula is C15H31NO2. The molecule has 1 aliphatic rings. The van der Waals surface area contributed by atoms with Gasteiger partial charge in [-0.1, -0.05) is 20.8 Å². The van der Waals surface area contributed by atoms with Crippen LogP contribution in [-0.4, -0.2) is 49.5 Å². The molecular weight excluding hydrogens is 226 g/mol. The number of ether oxygens (including phenoxy) is 1. The number of aliphatic hydroxyl groups is 1. The molecule has 1 atom stereocenters. The molecule has 0 unspecified atom stereocenters. The van der Waals surface area contributed by atoms with Gasteiger partial charge in [0.15, 0.2) is 0 Å². The Kier molecular flexibility index (Phi) is 7.20. The number of aliphatic hydroxyl groups excluding tert-OH is 1. The zero-order chi connectivity index (χ0) is 13.4. The summed E-state index contributed by atoms with van der Waals surface area (Å²) >= 11 is 0. The highest BCUT2D eigenvalue weighted by atomic mass is 16.5. The minimum Gasteiger partial charge on any atom is -0.396 e. The second-order valence-electron chi connectivity index (χ2n) is 6.74. The van der Waals surface area contributed by atoms with Crippen LogP contribution in [0.5, 0.6) is 0 Å². The van der Waals surface area contributed by atoms with Gasteiger partial charge in [0.1, 0.15) is 0 Å². The molecule has 1 heterocycles. The summed E-state index contributed by atoms with van der Waals surface area (Å²) in [7, 11) is 0. The van der Waals surface area contributed by atoms with E-state index in [1.165, 1.54) is 19.4 Å². The van der Waals surface area contributed by atoms with Crippen molar-refractivity contribution in [3.63, 3.8) is 0 Å². The summed E-state index contributed by atoms with van der Waals surface area (Å²) in [6.07, 6.45) is 4.64. The van der Waals surface area contributed by atoms with Gasteiger partial charge < -0.3 is 9.84 Å². The fraction of sp³-hybridized carbons (Fsp3) is 1.00. The van der Waals surface area contributed by atoms with Crippen LogP contribution >= 0.6 is 0 Å². The van der Waals surface area contributed by atoms with Crippen molar-refractivity contribution in [3.05, 3.63) is 0 Å². The Hall–Kier alpha value is -0.120. The average molecular weight is 257 g/mol. The lowest BCUT2D eigenvalue weighted by atomic mass is 9.81. The van der Waals surface area contributed by atoms with Gasteiger partial charge in [-0.25, -0.2) is 0 Å². The number of hydrogen-bond donors (Lipinski definition) is 1. The van der Waals surface area contributed by atoms with E-state index in [1.807, 2.05) is 0 Å². The molecule has 1 N–H and O–H groups in total. The summed E-state index contributed by atoms with van der Waals surface area (Å²) in [5.74, 6) is 0.750. The topological polar surface area (TPSA) is 32.7 Å². The normalized spacial score (nSPS) is 20.0. The second kappa shape index (κ2) is 8.13. The molecule has 0 spiro atoms. The Labute approximate surface area is 113 Å². The maximum atomic E-state index is 9.00. The van der Waals surface area contributed by atoms with Crippen molar-refractivity contribution in [2.24, 2.45) is 11.3 Å². The molecule has 0 aliphatic carbocycles. The first-order valence-electron chi connectivity index (χ1n) is 7.42. The molecule has 1 aliphatic heterocycles. The van der Waals surface area contributed by atoms with Crippen LogP contribution in [0, 0.1) is 11.3 Å². The molecule has 1 rings (SSSR count). The fourth-order valence-corrected chi connectivity index (χ4v) is 2.78. The number of hydrogen-bond acceptors (Lipinski definition) is 3. The third-order valence-electron chi connectivity index (χ3n) is 3.63. The van der Waals surface area contributed by atoms with E-state index in [1.54, 1.807) is 0 Å². The molecule has 1 saturated heterocycles. The minimum absolute atomic E-state index is 0.332. The average Bonchev–Trinajstić information content (AvgIpc) is 2.32. The van der Waals surface area contributed by atoms with Crippen molar-refractivity contribution in [2.45, 2.75) is 46.5 Å². The van der Waals surface area contributed by atoms with E-state index >= 15 is 0 Å². The maximum absolute atomic E-state index is 9.00. The first-order chi connectivity index (χ1) is 8.51. The molecule has 3 nitrogen and oxygen atoms in total. The molecule has 108 valence electrons. The zero-order valence-electron chi connectivity index (χ0n) is 12.5. The highest BCUT2D eigenvalue weighted by Crippen LogP contribution is 2.29. The van der Waals surface area contributed by atoms with Crippen LogP contribution in [0.2, 0.25) is 0 Å². The van der Waals surface area contributed by atoms with Gasteiger partial charge in [-0.3, -0.25) is 4.90 Å².